The van der Waals surface area contributed by atoms with E-state index in [-0.39, 0.29) is 5.91 Å². The van der Waals surface area contributed by atoms with Crippen molar-refractivity contribution in [2.75, 3.05) is 0 Å². The van der Waals surface area contributed by atoms with E-state index in [1.807, 2.05) is 115 Å². The van der Waals surface area contributed by atoms with Crippen molar-refractivity contribution in [2.45, 2.75) is 26.1 Å². The molecule has 5 rings (SSSR count). The number of para-hydroxylation sites is 1. The molecule has 0 fully saturated rings. The van der Waals surface area contributed by atoms with Crippen LogP contribution >= 0.6 is 0 Å². The van der Waals surface area contributed by atoms with Gasteiger partial charge in [-0.15, -0.1) is 0 Å². The molecule has 0 aliphatic heterocycles. The summed E-state index contributed by atoms with van der Waals surface area (Å²) in [6.45, 7) is 2.85. The van der Waals surface area contributed by atoms with Gasteiger partial charge in [0.1, 0.15) is 16.9 Å². The van der Waals surface area contributed by atoms with Gasteiger partial charge in [-0.05, 0) is 42.3 Å². The van der Waals surface area contributed by atoms with Gasteiger partial charge >= 0.3 is 0 Å². The van der Waals surface area contributed by atoms with Gasteiger partial charge in [-0.25, -0.2) is 0 Å². The van der Waals surface area contributed by atoms with E-state index in [4.69, 9.17) is 9.15 Å². The van der Waals surface area contributed by atoms with Crippen LogP contribution in [0.4, 0.5) is 0 Å². The Morgan fingerprint density at radius 2 is 1.33 bits per heavy atom. The molecule has 0 aliphatic rings. The molecule has 1 amide bonds. The molecule has 164 valence electrons. The third-order valence-corrected chi connectivity index (χ3v) is 5.75. The quantitative estimate of drug-likeness (QED) is 0.290. The van der Waals surface area contributed by atoms with Crippen molar-refractivity contribution >= 4 is 27.8 Å². The molecule has 0 radical (unpaired) electrons. The normalized spacial score (nSPS) is 12.0. The summed E-state index contributed by atoms with van der Waals surface area (Å²) in [5, 5.41) is 2.01. The average Bonchev–Trinajstić information content (AvgIpc) is 3.22. The molecule has 0 unspecified atom stereocenters. The lowest BCUT2D eigenvalue weighted by Crippen LogP contribution is -2.39. The number of rotatable bonds is 7. The van der Waals surface area contributed by atoms with E-state index >= 15 is 0 Å². The predicted molar refractivity (Wildman–Crippen MR) is 131 cm³/mol. The highest BCUT2D eigenvalue weighted by molar-refractivity contribution is 6.05. The van der Waals surface area contributed by atoms with Gasteiger partial charge in [0.25, 0.3) is 5.91 Å². The monoisotopic (exact) mass is 435 g/mol. The fourth-order valence-electron chi connectivity index (χ4n) is 4.11. The van der Waals surface area contributed by atoms with Gasteiger partial charge in [0.05, 0.1) is 0 Å². The van der Waals surface area contributed by atoms with E-state index < -0.39 is 6.10 Å². The molecule has 0 saturated carbocycles. The Balaban J connectivity index is 1.38. The zero-order valence-electron chi connectivity index (χ0n) is 18.5. The number of fused-ring (bicyclic) bond motifs is 3. The van der Waals surface area contributed by atoms with Crippen LogP contribution in [-0.4, -0.2) is 16.9 Å². The van der Waals surface area contributed by atoms with Crippen LogP contribution in [0, 0.1) is 0 Å². The SMILES string of the molecule is C[C@@H](Oc1ccc2oc3ccccc3c2c1)C(=O)N(Cc1ccccc1)Cc1ccccc1. The van der Waals surface area contributed by atoms with Crippen LogP contribution in [0.1, 0.15) is 18.1 Å². The number of ether oxygens (including phenoxy) is 1. The largest absolute Gasteiger partial charge is 0.481 e. The lowest BCUT2D eigenvalue weighted by atomic mass is 10.1. The van der Waals surface area contributed by atoms with Crippen molar-refractivity contribution in [3.05, 3.63) is 114 Å². The van der Waals surface area contributed by atoms with Crippen LogP contribution in [0.15, 0.2) is 108 Å². The van der Waals surface area contributed by atoms with Gasteiger partial charge in [0.15, 0.2) is 6.10 Å². The summed E-state index contributed by atoms with van der Waals surface area (Å²) in [5.74, 6) is 0.592. The first-order valence-corrected chi connectivity index (χ1v) is 11.1. The number of amides is 1. The maximum absolute atomic E-state index is 13.5. The summed E-state index contributed by atoms with van der Waals surface area (Å²) in [5.41, 5.74) is 3.81. The second-order valence-electron chi connectivity index (χ2n) is 8.18. The third-order valence-electron chi connectivity index (χ3n) is 5.75. The summed E-state index contributed by atoms with van der Waals surface area (Å²) < 4.78 is 12.0. The van der Waals surface area contributed by atoms with Gasteiger partial charge in [0.2, 0.25) is 0 Å². The molecular formula is C29H25NO3. The Labute approximate surface area is 193 Å². The molecule has 0 saturated heterocycles. The number of hydrogen-bond acceptors (Lipinski definition) is 3. The topological polar surface area (TPSA) is 42.7 Å². The van der Waals surface area contributed by atoms with E-state index in [2.05, 4.69) is 0 Å². The zero-order chi connectivity index (χ0) is 22.6. The Bertz CT molecular complexity index is 1330. The second kappa shape index (κ2) is 9.21. The molecule has 0 bridgehead atoms. The molecule has 0 spiro atoms. The fraction of sp³-hybridized carbons (Fsp3) is 0.138. The molecule has 33 heavy (non-hydrogen) atoms. The number of furan rings is 1. The minimum Gasteiger partial charge on any atom is -0.481 e. The van der Waals surface area contributed by atoms with Crippen molar-refractivity contribution < 1.29 is 13.9 Å². The first-order valence-electron chi connectivity index (χ1n) is 11.1. The molecule has 4 aromatic carbocycles. The highest BCUT2D eigenvalue weighted by Gasteiger charge is 2.23. The second-order valence-corrected chi connectivity index (χ2v) is 8.18. The van der Waals surface area contributed by atoms with Gasteiger partial charge in [-0.3, -0.25) is 4.79 Å². The Morgan fingerprint density at radius 1 is 0.758 bits per heavy atom. The van der Waals surface area contributed by atoms with E-state index in [0.717, 1.165) is 33.1 Å². The van der Waals surface area contributed by atoms with Crippen LogP contribution in [0.25, 0.3) is 21.9 Å². The predicted octanol–water partition coefficient (Wildman–Crippen LogP) is 6.58. The van der Waals surface area contributed by atoms with Crippen molar-refractivity contribution in [1.29, 1.82) is 0 Å². The van der Waals surface area contributed by atoms with Gasteiger partial charge < -0.3 is 14.1 Å². The van der Waals surface area contributed by atoms with E-state index in [0.29, 0.717) is 18.8 Å². The van der Waals surface area contributed by atoms with Crippen molar-refractivity contribution in [2.24, 2.45) is 0 Å². The maximum Gasteiger partial charge on any atom is 0.263 e. The highest BCUT2D eigenvalue weighted by atomic mass is 16.5. The van der Waals surface area contributed by atoms with Crippen LogP contribution < -0.4 is 4.74 Å². The molecule has 1 atom stereocenters. The number of nitrogens with zero attached hydrogens (tertiary/aromatic N) is 1. The van der Waals surface area contributed by atoms with Crippen LogP contribution in [0.5, 0.6) is 5.75 Å². The fourth-order valence-corrected chi connectivity index (χ4v) is 4.11. The zero-order valence-corrected chi connectivity index (χ0v) is 18.5. The Kier molecular flexibility index (Phi) is 5.81. The number of carbonyl (C=O) groups excluding carboxylic acids is 1. The van der Waals surface area contributed by atoms with E-state index in [1.165, 1.54) is 0 Å². The maximum atomic E-state index is 13.5. The minimum absolute atomic E-state index is 0.0557. The molecular weight excluding hydrogens is 410 g/mol. The van der Waals surface area contributed by atoms with Gasteiger partial charge in [-0.1, -0.05) is 78.9 Å². The smallest absolute Gasteiger partial charge is 0.263 e. The Hall–Kier alpha value is -4.05. The first-order chi connectivity index (χ1) is 16.2. The summed E-state index contributed by atoms with van der Waals surface area (Å²) in [4.78, 5) is 15.3. The van der Waals surface area contributed by atoms with Crippen molar-refractivity contribution in [3.63, 3.8) is 0 Å². The van der Waals surface area contributed by atoms with Crippen molar-refractivity contribution in [3.8, 4) is 5.75 Å². The van der Waals surface area contributed by atoms with Crippen LogP contribution in [0.2, 0.25) is 0 Å². The molecule has 0 aliphatic carbocycles. The summed E-state index contributed by atoms with van der Waals surface area (Å²) in [6, 6.07) is 33.7. The minimum atomic E-state index is -0.631. The average molecular weight is 436 g/mol. The standard InChI is InChI=1S/C29H25NO3/c1-21(32-24-16-17-28-26(18-24)25-14-8-9-15-27(25)33-28)29(31)30(19-22-10-4-2-5-11-22)20-23-12-6-3-7-13-23/h2-18,21H,19-20H2,1H3/t21-/m1/s1. The van der Waals surface area contributed by atoms with E-state index in [9.17, 15) is 4.79 Å². The molecule has 4 heteroatoms. The lowest BCUT2D eigenvalue weighted by molar-refractivity contribution is -0.139. The molecule has 1 aromatic heterocycles. The Morgan fingerprint density at radius 3 is 2.00 bits per heavy atom. The number of benzene rings is 4. The number of carbonyl (C=O) groups is 1. The van der Waals surface area contributed by atoms with Crippen LogP contribution in [0.3, 0.4) is 0 Å². The van der Waals surface area contributed by atoms with Gasteiger partial charge in [0, 0.05) is 23.9 Å². The molecule has 0 N–H and O–H groups in total. The van der Waals surface area contributed by atoms with Gasteiger partial charge in [-0.2, -0.15) is 0 Å². The highest BCUT2D eigenvalue weighted by Crippen LogP contribution is 2.31. The summed E-state index contributed by atoms with van der Waals surface area (Å²) >= 11 is 0. The number of hydrogen-bond donors (Lipinski definition) is 0. The van der Waals surface area contributed by atoms with Crippen molar-refractivity contribution in [1.82, 2.24) is 4.90 Å². The molecule has 5 aromatic rings. The van der Waals surface area contributed by atoms with Crippen LogP contribution in [-0.2, 0) is 17.9 Å². The lowest BCUT2D eigenvalue weighted by Gasteiger charge is -2.26. The third kappa shape index (κ3) is 4.60. The summed E-state index contributed by atoms with van der Waals surface area (Å²) in [7, 11) is 0. The first kappa shape index (κ1) is 20.8. The van der Waals surface area contributed by atoms with E-state index in [1.54, 1.807) is 0 Å². The summed E-state index contributed by atoms with van der Waals surface area (Å²) in [6.07, 6.45) is -0.631. The molecule has 4 nitrogen and oxygen atoms in total. The molecule has 1 heterocycles.